The van der Waals surface area contributed by atoms with Crippen LogP contribution in [0.4, 0.5) is 0 Å². The van der Waals surface area contributed by atoms with E-state index in [1.54, 1.807) is 14.2 Å². The highest BCUT2D eigenvalue weighted by atomic mass is 127. The highest BCUT2D eigenvalue weighted by Crippen LogP contribution is 2.27. The number of aliphatic hydroxyl groups excluding tert-OH is 1. The van der Waals surface area contributed by atoms with Gasteiger partial charge in [0, 0.05) is 13.0 Å². The van der Waals surface area contributed by atoms with E-state index in [9.17, 15) is 5.11 Å². The molecule has 0 aliphatic heterocycles. The van der Waals surface area contributed by atoms with Crippen molar-refractivity contribution >= 4 is 29.9 Å². The van der Waals surface area contributed by atoms with E-state index in [0.29, 0.717) is 30.4 Å². The molecular weight excluding hydrogens is 457 g/mol. The lowest BCUT2D eigenvalue weighted by molar-refractivity contribution is 0.184. The number of guanidine groups is 1. The van der Waals surface area contributed by atoms with E-state index in [0.717, 1.165) is 17.5 Å². The van der Waals surface area contributed by atoms with Crippen LogP contribution in [-0.4, -0.2) is 44.5 Å². The molecule has 0 bridgehead atoms. The average Bonchev–Trinajstić information content (AvgIpc) is 2.67. The molecule has 0 fully saturated rings. The average molecular weight is 485 g/mol. The minimum absolute atomic E-state index is 0. The Morgan fingerprint density at radius 1 is 1.07 bits per heavy atom. The molecule has 7 heteroatoms. The molecule has 0 spiro atoms. The van der Waals surface area contributed by atoms with E-state index in [1.165, 1.54) is 0 Å². The van der Waals surface area contributed by atoms with Crippen LogP contribution in [0.15, 0.2) is 53.5 Å². The van der Waals surface area contributed by atoms with Gasteiger partial charge in [-0.15, -0.1) is 24.0 Å². The monoisotopic (exact) mass is 485 g/mol. The summed E-state index contributed by atoms with van der Waals surface area (Å²) in [5.74, 6) is 1.74. The maximum absolute atomic E-state index is 10.0. The van der Waals surface area contributed by atoms with Crippen molar-refractivity contribution in [2.45, 2.75) is 18.9 Å². The van der Waals surface area contributed by atoms with Gasteiger partial charge in [-0.25, -0.2) is 0 Å². The molecule has 27 heavy (non-hydrogen) atoms. The molecular formula is C20H28IN3O3. The van der Waals surface area contributed by atoms with Gasteiger partial charge in [0.15, 0.2) is 17.5 Å². The third-order valence-electron chi connectivity index (χ3n) is 3.95. The van der Waals surface area contributed by atoms with E-state index in [2.05, 4.69) is 10.3 Å². The quantitative estimate of drug-likeness (QED) is 0.289. The molecule has 6 nitrogen and oxygen atoms in total. The molecule has 2 aromatic rings. The highest BCUT2D eigenvalue weighted by molar-refractivity contribution is 14.0. The summed E-state index contributed by atoms with van der Waals surface area (Å²) >= 11 is 0. The molecule has 0 aliphatic rings. The maximum Gasteiger partial charge on any atom is 0.188 e. The number of nitrogens with zero attached hydrogens (tertiary/aromatic N) is 1. The van der Waals surface area contributed by atoms with Crippen molar-refractivity contribution in [3.8, 4) is 11.5 Å². The first-order chi connectivity index (χ1) is 12.6. The van der Waals surface area contributed by atoms with Gasteiger partial charge >= 0.3 is 0 Å². The molecule has 0 heterocycles. The number of aliphatic imine (C=N–C) groups is 1. The lowest BCUT2D eigenvalue weighted by Gasteiger charge is -2.11. The van der Waals surface area contributed by atoms with Gasteiger partial charge in [-0.2, -0.15) is 0 Å². The number of hydrogen-bond acceptors (Lipinski definition) is 4. The van der Waals surface area contributed by atoms with Crippen LogP contribution in [0.2, 0.25) is 0 Å². The van der Waals surface area contributed by atoms with Crippen molar-refractivity contribution in [2.24, 2.45) is 10.7 Å². The van der Waals surface area contributed by atoms with Crippen LogP contribution >= 0.6 is 24.0 Å². The fraction of sp³-hybridized carbons (Fsp3) is 0.350. The Morgan fingerprint density at radius 3 is 2.44 bits per heavy atom. The largest absolute Gasteiger partial charge is 0.493 e. The van der Waals surface area contributed by atoms with E-state index < -0.39 is 6.10 Å². The first kappa shape index (κ1) is 23.0. The Morgan fingerprint density at radius 2 is 1.78 bits per heavy atom. The standard InChI is InChI=1S/C20H27N3O3.HI/c1-25-18-9-8-16(13-19(18)26-2)10-11-22-20(21)23-14-17(24)12-15-6-4-3-5-7-15;/h3-9,13,17,24H,10-12,14H2,1-2H3,(H3,21,22,23);1H. The molecule has 0 radical (unpaired) electrons. The fourth-order valence-corrected chi connectivity index (χ4v) is 2.58. The SMILES string of the molecule is COc1ccc(CCNC(N)=NCC(O)Cc2ccccc2)cc1OC.I. The molecule has 2 rings (SSSR count). The number of hydrogen-bond donors (Lipinski definition) is 3. The maximum atomic E-state index is 10.0. The number of nitrogens with one attached hydrogen (secondary N) is 1. The zero-order valence-electron chi connectivity index (χ0n) is 15.7. The van der Waals surface area contributed by atoms with Crippen molar-refractivity contribution in [1.82, 2.24) is 5.32 Å². The van der Waals surface area contributed by atoms with E-state index >= 15 is 0 Å². The summed E-state index contributed by atoms with van der Waals surface area (Å²) in [7, 11) is 3.23. The molecule has 4 N–H and O–H groups in total. The van der Waals surface area contributed by atoms with E-state index in [4.69, 9.17) is 15.2 Å². The van der Waals surface area contributed by atoms with Crippen molar-refractivity contribution in [2.75, 3.05) is 27.3 Å². The molecule has 0 aromatic heterocycles. The molecule has 1 atom stereocenters. The zero-order chi connectivity index (χ0) is 18.8. The van der Waals surface area contributed by atoms with Crippen LogP contribution < -0.4 is 20.5 Å². The van der Waals surface area contributed by atoms with Gasteiger partial charge in [-0.1, -0.05) is 36.4 Å². The molecule has 148 valence electrons. The second-order valence-electron chi connectivity index (χ2n) is 5.94. The number of methoxy groups -OCH3 is 2. The van der Waals surface area contributed by atoms with Crippen LogP contribution in [0.1, 0.15) is 11.1 Å². The second-order valence-corrected chi connectivity index (χ2v) is 5.94. The summed E-state index contributed by atoms with van der Waals surface area (Å²) in [4.78, 5) is 4.20. The smallest absolute Gasteiger partial charge is 0.188 e. The normalized spacial score (nSPS) is 12.0. The van der Waals surface area contributed by atoms with Crippen LogP contribution in [0.3, 0.4) is 0 Å². The number of aliphatic hydroxyl groups is 1. The van der Waals surface area contributed by atoms with Gasteiger partial charge in [-0.3, -0.25) is 4.99 Å². The van der Waals surface area contributed by atoms with Gasteiger partial charge in [0.2, 0.25) is 0 Å². The minimum Gasteiger partial charge on any atom is -0.493 e. The predicted molar refractivity (Wildman–Crippen MR) is 119 cm³/mol. The van der Waals surface area contributed by atoms with Gasteiger partial charge in [0.25, 0.3) is 0 Å². The molecule has 0 aliphatic carbocycles. The van der Waals surface area contributed by atoms with Gasteiger partial charge in [0.1, 0.15) is 0 Å². The molecule has 2 aromatic carbocycles. The zero-order valence-corrected chi connectivity index (χ0v) is 18.1. The number of rotatable bonds is 9. The predicted octanol–water partition coefficient (Wildman–Crippen LogP) is 2.37. The summed E-state index contributed by atoms with van der Waals surface area (Å²) in [5.41, 5.74) is 8.05. The number of halogens is 1. The Kier molecular flexibility index (Phi) is 10.6. The van der Waals surface area contributed by atoms with Crippen LogP contribution in [0.25, 0.3) is 0 Å². The van der Waals surface area contributed by atoms with Crippen LogP contribution in [0, 0.1) is 0 Å². The molecule has 0 saturated heterocycles. The molecule has 0 amide bonds. The van der Waals surface area contributed by atoms with E-state index in [-0.39, 0.29) is 30.5 Å². The van der Waals surface area contributed by atoms with Crippen molar-refractivity contribution in [1.29, 1.82) is 0 Å². The third kappa shape index (κ3) is 8.04. The van der Waals surface area contributed by atoms with Gasteiger partial charge < -0.3 is 25.6 Å². The van der Waals surface area contributed by atoms with Crippen molar-refractivity contribution < 1.29 is 14.6 Å². The Balaban J connectivity index is 0.00000364. The van der Waals surface area contributed by atoms with Crippen LogP contribution in [0.5, 0.6) is 11.5 Å². The Labute approximate surface area is 177 Å². The number of benzene rings is 2. The van der Waals surface area contributed by atoms with Gasteiger partial charge in [-0.05, 0) is 29.7 Å². The number of ether oxygens (including phenoxy) is 2. The second kappa shape index (κ2) is 12.4. The highest BCUT2D eigenvalue weighted by Gasteiger charge is 2.06. The van der Waals surface area contributed by atoms with Gasteiger partial charge in [0.05, 0.1) is 26.9 Å². The first-order valence-electron chi connectivity index (χ1n) is 8.59. The third-order valence-corrected chi connectivity index (χ3v) is 3.95. The minimum atomic E-state index is -0.552. The lowest BCUT2D eigenvalue weighted by atomic mass is 10.1. The Hall–Kier alpha value is -2.00. The summed E-state index contributed by atoms with van der Waals surface area (Å²) in [6.07, 6.45) is 0.774. The number of nitrogens with two attached hydrogens (primary N) is 1. The topological polar surface area (TPSA) is 89.1 Å². The summed E-state index contributed by atoms with van der Waals surface area (Å²) in [5, 5.41) is 13.1. The molecule has 0 saturated carbocycles. The summed E-state index contributed by atoms with van der Waals surface area (Å²) < 4.78 is 10.5. The fourth-order valence-electron chi connectivity index (χ4n) is 2.58. The summed E-state index contributed by atoms with van der Waals surface area (Å²) in [6, 6.07) is 15.6. The summed E-state index contributed by atoms with van der Waals surface area (Å²) in [6.45, 7) is 0.906. The van der Waals surface area contributed by atoms with Crippen molar-refractivity contribution in [3.05, 3.63) is 59.7 Å². The molecule has 1 unspecified atom stereocenters. The Bertz CT molecular complexity index is 711. The lowest BCUT2D eigenvalue weighted by Crippen LogP contribution is -2.34. The first-order valence-corrected chi connectivity index (χ1v) is 8.59. The van der Waals surface area contributed by atoms with Crippen LogP contribution in [-0.2, 0) is 12.8 Å². The van der Waals surface area contributed by atoms with Crippen molar-refractivity contribution in [3.63, 3.8) is 0 Å². The van der Waals surface area contributed by atoms with E-state index in [1.807, 2.05) is 48.5 Å².